The molecule has 8 nitrogen and oxygen atoms in total. The van der Waals surface area contributed by atoms with E-state index in [-0.39, 0.29) is 18.1 Å². The minimum Gasteiger partial charge on any atom is -0.490 e. The van der Waals surface area contributed by atoms with Crippen LogP contribution < -0.4 is 14.8 Å². The average Bonchev–Trinajstić information content (AvgIpc) is 3.17. The molecule has 0 bridgehead atoms. The summed E-state index contributed by atoms with van der Waals surface area (Å²) in [6.45, 7) is 7.82. The Hall–Kier alpha value is -4.55. The Morgan fingerprint density at radius 2 is 1.75 bits per heavy atom. The Morgan fingerprint density at radius 3 is 2.45 bits per heavy atom. The number of ether oxygens (including phenoxy) is 2. The van der Waals surface area contributed by atoms with Crippen LogP contribution in [0.15, 0.2) is 59.5 Å². The minimum absolute atomic E-state index is 0.186. The van der Waals surface area contributed by atoms with Gasteiger partial charge < -0.3 is 14.8 Å². The molecule has 3 aromatic carbocycles. The number of carbonyl (C=O) groups is 3. The molecule has 0 saturated carbocycles. The summed E-state index contributed by atoms with van der Waals surface area (Å²) in [7, 11) is 0. The zero-order chi connectivity index (χ0) is 28.8. The molecule has 4 rings (SSSR count). The molecule has 40 heavy (non-hydrogen) atoms. The van der Waals surface area contributed by atoms with Crippen LogP contribution in [0.5, 0.6) is 11.5 Å². The van der Waals surface area contributed by atoms with Crippen molar-refractivity contribution in [2.75, 3.05) is 18.5 Å². The van der Waals surface area contributed by atoms with Gasteiger partial charge in [-0.15, -0.1) is 0 Å². The fourth-order valence-electron chi connectivity index (χ4n) is 4.40. The largest absolute Gasteiger partial charge is 0.490 e. The number of carbonyl (C=O) groups excluding carboxylic acids is 3. The summed E-state index contributed by atoms with van der Waals surface area (Å²) < 4.78 is 11.7. The van der Waals surface area contributed by atoms with Crippen molar-refractivity contribution in [2.45, 2.75) is 34.3 Å². The quantitative estimate of drug-likeness (QED) is 0.316. The van der Waals surface area contributed by atoms with E-state index in [1.165, 1.54) is 0 Å². The number of nitrogens with zero attached hydrogens (tertiary/aromatic N) is 2. The standard InChI is InChI=1S/C31H29N3O5S/c1-5-38-26-14-22(10-11-25(26)39-18-24-9-7-6-8-23(24)16-32)15-27-30(36)34(31(37)40-27)17-28(35)33-29-20(3)12-19(2)13-21(29)4/h6-15H,5,17-18H2,1-4H3,(H,33,35)/b27-15+. The van der Waals surface area contributed by atoms with E-state index in [4.69, 9.17) is 9.47 Å². The number of aryl methyl sites for hydroxylation is 3. The molecule has 9 heteroatoms. The van der Waals surface area contributed by atoms with Crippen molar-refractivity contribution in [2.24, 2.45) is 0 Å². The first-order valence-electron chi connectivity index (χ1n) is 12.7. The Bertz CT molecular complexity index is 1530. The van der Waals surface area contributed by atoms with Crippen LogP contribution in [0.1, 0.15) is 40.3 Å². The van der Waals surface area contributed by atoms with E-state index in [0.29, 0.717) is 34.9 Å². The maximum absolute atomic E-state index is 13.0. The Labute approximate surface area is 237 Å². The van der Waals surface area contributed by atoms with Gasteiger partial charge in [-0.2, -0.15) is 5.26 Å². The summed E-state index contributed by atoms with van der Waals surface area (Å²) in [5.74, 6) is -0.0306. The van der Waals surface area contributed by atoms with Crippen LogP contribution in [0.25, 0.3) is 6.08 Å². The van der Waals surface area contributed by atoms with Crippen LogP contribution in [0.3, 0.4) is 0 Å². The van der Waals surface area contributed by atoms with Crippen LogP contribution in [0.2, 0.25) is 0 Å². The van der Waals surface area contributed by atoms with E-state index >= 15 is 0 Å². The second-order valence-corrected chi connectivity index (χ2v) is 10.3. The second kappa shape index (κ2) is 12.5. The van der Waals surface area contributed by atoms with Gasteiger partial charge in [0.15, 0.2) is 11.5 Å². The summed E-state index contributed by atoms with van der Waals surface area (Å²) >= 11 is 0.784. The summed E-state index contributed by atoms with van der Waals surface area (Å²) in [4.78, 5) is 39.6. The van der Waals surface area contributed by atoms with Gasteiger partial charge in [0.05, 0.1) is 23.1 Å². The van der Waals surface area contributed by atoms with Crippen molar-refractivity contribution < 1.29 is 23.9 Å². The van der Waals surface area contributed by atoms with Gasteiger partial charge in [0.2, 0.25) is 5.91 Å². The monoisotopic (exact) mass is 555 g/mol. The topological polar surface area (TPSA) is 109 Å². The van der Waals surface area contributed by atoms with Crippen molar-refractivity contribution in [3.63, 3.8) is 0 Å². The SMILES string of the molecule is CCOc1cc(/C=C2/SC(=O)N(CC(=O)Nc3c(C)cc(C)cc3C)C2=O)ccc1OCc1ccccc1C#N. The second-order valence-electron chi connectivity index (χ2n) is 9.29. The maximum Gasteiger partial charge on any atom is 0.294 e. The normalized spacial score (nSPS) is 13.9. The molecule has 1 aliphatic heterocycles. The number of nitriles is 1. The van der Waals surface area contributed by atoms with Crippen LogP contribution in [0.4, 0.5) is 10.5 Å². The highest BCUT2D eigenvalue weighted by molar-refractivity contribution is 8.18. The minimum atomic E-state index is -0.533. The highest BCUT2D eigenvalue weighted by Crippen LogP contribution is 2.35. The number of hydrogen-bond donors (Lipinski definition) is 1. The number of thioether (sulfide) groups is 1. The third kappa shape index (κ3) is 6.53. The summed E-state index contributed by atoms with van der Waals surface area (Å²) in [6, 6.07) is 18.5. The lowest BCUT2D eigenvalue weighted by atomic mass is 10.1. The van der Waals surface area contributed by atoms with Crippen LogP contribution in [-0.4, -0.2) is 35.1 Å². The first-order chi connectivity index (χ1) is 19.2. The van der Waals surface area contributed by atoms with E-state index in [1.54, 1.807) is 36.4 Å². The molecule has 0 aromatic heterocycles. The highest BCUT2D eigenvalue weighted by atomic mass is 32.2. The number of imide groups is 1. The molecule has 0 radical (unpaired) electrons. The summed E-state index contributed by atoms with van der Waals surface area (Å²) in [5, 5.41) is 11.6. The molecule has 1 saturated heterocycles. The van der Waals surface area contributed by atoms with Crippen LogP contribution >= 0.6 is 11.8 Å². The van der Waals surface area contributed by atoms with Crippen molar-refractivity contribution in [1.82, 2.24) is 4.90 Å². The predicted octanol–water partition coefficient (Wildman–Crippen LogP) is 6.14. The van der Waals surface area contributed by atoms with Gasteiger partial charge in [0, 0.05) is 11.3 Å². The third-order valence-corrected chi connectivity index (χ3v) is 7.11. The average molecular weight is 556 g/mol. The van der Waals surface area contributed by atoms with Crippen molar-refractivity contribution in [3.8, 4) is 17.6 Å². The lowest BCUT2D eigenvalue weighted by Crippen LogP contribution is -2.36. The molecule has 204 valence electrons. The molecule has 0 unspecified atom stereocenters. The van der Waals surface area contributed by atoms with Crippen molar-refractivity contribution >= 4 is 40.6 Å². The lowest BCUT2D eigenvalue weighted by molar-refractivity contribution is -0.127. The smallest absolute Gasteiger partial charge is 0.294 e. The summed E-state index contributed by atoms with van der Waals surface area (Å²) in [5.41, 5.74) is 5.50. The van der Waals surface area contributed by atoms with E-state index in [0.717, 1.165) is 38.9 Å². The zero-order valence-corrected chi connectivity index (χ0v) is 23.6. The van der Waals surface area contributed by atoms with Gasteiger partial charge in [-0.3, -0.25) is 19.3 Å². The molecule has 1 fully saturated rings. The number of anilines is 1. The molecule has 0 atom stereocenters. The van der Waals surface area contributed by atoms with Crippen molar-refractivity contribution in [1.29, 1.82) is 5.26 Å². The van der Waals surface area contributed by atoms with Gasteiger partial charge >= 0.3 is 0 Å². The molecular formula is C31H29N3O5S. The lowest BCUT2D eigenvalue weighted by Gasteiger charge is -2.16. The first-order valence-corrected chi connectivity index (χ1v) is 13.5. The van der Waals surface area contributed by atoms with Gasteiger partial charge in [0.25, 0.3) is 11.1 Å². The van der Waals surface area contributed by atoms with E-state index < -0.39 is 17.1 Å². The number of rotatable bonds is 9. The first kappa shape index (κ1) is 28.5. The number of benzene rings is 3. The Balaban J connectivity index is 1.47. The fraction of sp³-hybridized carbons (Fsp3) is 0.226. The maximum atomic E-state index is 13.0. The van der Waals surface area contributed by atoms with Crippen LogP contribution in [0, 0.1) is 32.1 Å². The van der Waals surface area contributed by atoms with Gasteiger partial charge in [-0.1, -0.05) is 42.0 Å². The fourth-order valence-corrected chi connectivity index (χ4v) is 5.24. The number of amides is 3. The molecule has 3 aromatic rings. The van der Waals surface area contributed by atoms with Gasteiger partial charge in [0.1, 0.15) is 13.2 Å². The van der Waals surface area contributed by atoms with Gasteiger partial charge in [-0.05, 0) is 80.4 Å². The summed E-state index contributed by atoms with van der Waals surface area (Å²) in [6.07, 6.45) is 1.59. The Kier molecular flexibility index (Phi) is 8.92. The molecule has 1 aliphatic rings. The van der Waals surface area contributed by atoms with E-state index in [2.05, 4.69) is 11.4 Å². The molecule has 0 aliphatic carbocycles. The molecule has 1 N–H and O–H groups in total. The number of nitrogens with one attached hydrogen (secondary N) is 1. The molecular weight excluding hydrogens is 526 g/mol. The van der Waals surface area contributed by atoms with E-state index in [1.807, 2.05) is 52.0 Å². The van der Waals surface area contributed by atoms with E-state index in [9.17, 15) is 19.6 Å². The Morgan fingerprint density at radius 1 is 1.02 bits per heavy atom. The molecule has 1 heterocycles. The van der Waals surface area contributed by atoms with Gasteiger partial charge in [-0.25, -0.2) is 0 Å². The van der Waals surface area contributed by atoms with Crippen molar-refractivity contribution in [3.05, 3.63) is 92.9 Å². The predicted molar refractivity (Wildman–Crippen MR) is 155 cm³/mol. The molecule has 0 spiro atoms. The zero-order valence-electron chi connectivity index (χ0n) is 22.7. The highest BCUT2D eigenvalue weighted by Gasteiger charge is 2.36. The van der Waals surface area contributed by atoms with Crippen LogP contribution in [-0.2, 0) is 16.2 Å². The molecule has 3 amide bonds. The third-order valence-electron chi connectivity index (χ3n) is 6.20. The number of hydrogen-bond acceptors (Lipinski definition) is 7.